The fourth-order valence-corrected chi connectivity index (χ4v) is 3.72. The third-order valence-corrected chi connectivity index (χ3v) is 5.11. The Hall–Kier alpha value is -1.96. The zero-order valence-electron chi connectivity index (χ0n) is 13.7. The molecule has 1 aliphatic heterocycles. The standard InChI is InChI=1S/C17H22FN5O/c1-17(2-4-20-5-3-17)13-8-21-23-15-11(9-24-10-19)6-12(18)7-14(15)22-16(13)23/h6-8,20-21H,2-5,9-10,19H2,1H3. The van der Waals surface area contributed by atoms with Crippen LogP contribution in [0.2, 0.25) is 0 Å². The molecule has 2 aromatic heterocycles. The molecule has 1 aliphatic rings. The molecule has 0 aliphatic carbocycles. The van der Waals surface area contributed by atoms with Crippen molar-refractivity contribution in [2.75, 3.05) is 19.8 Å². The van der Waals surface area contributed by atoms with Crippen molar-refractivity contribution < 1.29 is 9.13 Å². The Morgan fingerprint density at radius 3 is 2.92 bits per heavy atom. The van der Waals surface area contributed by atoms with Gasteiger partial charge in [0.1, 0.15) is 5.82 Å². The predicted octanol–water partition coefficient (Wildman–Crippen LogP) is 2.03. The topological polar surface area (TPSA) is 80.4 Å². The van der Waals surface area contributed by atoms with E-state index in [9.17, 15) is 4.39 Å². The molecule has 0 saturated carbocycles. The number of imidazole rings is 1. The molecule has 4 rings (SSSR count). The molecule has 3 aromatic rings. The van der Waals surface area contributed by atoms with Crippen LogP contribution in [0.5, 0.6) is 0 Å². The van der Waals surface area contributed by atoms with Gasteiger partial charge in [0, 0.05) is 28.8 Å². The number of nitrogens with one attached hydrogen (secondary N) is 2. The lowest BCUT2D eigenvalue weighted by Gasteiger charge is -2.33. The van der Waals surface area contributed by atoms with E-state index in [4.69, 9.17) is 15.5 Å². The van der Waals surface area contributed by atoms with Gasteiger partial charge in [-0.05, 0) is 32.0 Å². The van der Waals surface area contributed by atoms with E-state index in [0.29, 0.717) is 5.52 Å². The summed E-state index contributed by atoms with van der Waals surface area (Å²) in [6, 6.07) is 2.95. The van der Waals surface area contributed by atoms with Crippen LogP contribution >= 0.6 is 0 Å². The Kier molecular flexibility index (Phi) is 3.79. The lowest BCUT2D eigenvalue weighted by atomic mass is 9.76. The Morgan fingerprint density at radius 2 is 2.17 bits per heavy atom. The van der Waals surface area contributed by atoms with E-state index in [-0.39, 0.29) is 24.6 Å². The lowest BCUT2D eigenvalue weighted by molar-refractivity contribution is 0.128. The summed E-state index contributed by atoms with van der Waals surface area (Å²) in [6.07, 6.45) is 4.15. The summed E-state index contributed by atoms with van der Waals surface area (Å²) >= 11 is 0. The first kappa shape index (κ1) is 15.6. The largest absolute Gasteiger partial charge is 0.362 e. The molecule has 0 spiro atoms. The smallest absolute Gasteiger partial charge is 0.157 e. The number of H-pyrrole nitrogens is 1. The van der Waals surface area contributed by atoms with Crippen LogP contribution in [0.25, 0.3) is 16.7 Å². The summed E-state index contributed by atoms with van der Waals surface area (Å²) in [5.41, 5.74) is 9.77. The monoisotopic (exact) mass is 331 g/mol. The van der Waals surface area contributed by atoms with Gasteiger partial charge in [-0.15, -0.1) is 0 Å². The molecule has 1 fully saturated rings. The van der Waals surface area contributed by atoms with Crippen LogP contribution in [-0.4, -0.2) is 34.4 Å². The fraction of sp³-hybridized carbons (Fsp3) is 0.471. The Morgan fingerprint density at radius 1 is 1.38 bits per heavy atom. The molecule has 1 aromatic carbocycles. The van der Waals surface area contributed by atoms with Crippen LogP contribution in [0, 0.1) is 5.82 Å². The maximum absolute atomic E-state index is 13.9. The zero-order chi connectivity index (χ0) is 16.7. The van der Waals surface area contributed by atoms with Crippen LogP contribution < -0.4 is 11.1 Å². The van der Waals surface area contributed by atoms with Gasteiger partial charge in [0.25, 0.3) is 0 Å². The number of halogens is 1. The first-order valence-corrected chi connectivity index (χ1v) is 8.29. The average molecular weight is 331 g/mol. The second-order valence-corrected chi connectivity index (χ2v) is 6.72. The molecule has 0 unspecified atom stereocenters. The summed E-state index contributed by atoms with van der Waals surface area (Å²) in [6.45, 7) is 4.63. The normalized spacial score (nSPS) is 17.8. The van der Waals surface area contributed by atoms with Crippen LogP contribution in [0.15, 0.2) is 18.3 Å². The SMILES string of the molecule is CC1(c2c[nH]n3c2nc2cc(F)cc(COCN)c23)CCNCC1. The van der Waals surface area contributed by atoms with Gasteiger partial charge in [0.15, 0.2) is 5.65 Å². The van der Waals surface area contributed by atoms with E-state index in [1.807, 2.05) is 10.7 Å². The molecule has 24 heavy (non-hydrogen) atoms. The minimum Gasteiger partial charge on any atom is -0.362 e. The number of aromatic amines is 1. The van der Waals surface area contributed by atoms with Crippen LogP contribution in [0.3, 0.4) is 0 Å². The van der Waals surface area contributed by atoms with E-state index in [1.165, 1.54) is 17.7 Å². The highest BCUT2D eigenvalue weighted by Crippen LogP contribution is 2.36. The Labute approximate surface area is 139 Å². The summed E-state index contributed by atoms with van der Waals surface area (Å²) in [7, 11) is 0. The molecule has 0 bridgehead atoms. The summed E-state index contributed by atoms with van der Waals surface area (Å²) < 4.78 is 21.2. The zero-order valence-corrected chi connectivity index (χ0v) is 13.7. The van der Waals surface area contributed by atoms with Crippen LogP contribution in [0.1, 0.15) is 30.9 Å². The number of hydrogen-bond acceptors (Lipinski definition) is 4. The third kappa shape index (κ3) is 2.40. The molecule has 4 N–H and O–H groups in total. The fourth-order valence-electron chi connectivity index (χ4n) is 3.72. The number of rotatable bonds is 4. The number of nitrogens with two attached hydrogens (primary N) is 1. The van der Waals surface area contributed by atoms with E-state index >= 15 is 0 Å². The number of ether oxygens (including phenoxy) is 1. The molecular weight excluding hydrogens is 309 g/mol. The number of fused-ring (bicyclic) bond motifs is 3. The van der Waals surface area contributed by atoms with Gasteiger partial charge in [-0.2, -0.15) is 0 Å². The van der Waals surface area contributed by atoms with Gasteiger partial charge in [-0.3, -0.25) is 5.10 Å². The summed E-state index contributed by atoms with van der Waals surface area (Å²) in [4.78, 5) is 4.71. The second-order valence-electron chi connectivity index (χ2n) is 6.72. The second kappa shape index (κ2) is 5.84. The highest BCUT2D eigenvalue weighted by atomic mass is 19.1. The van der Waals surface area contributed by atoms with Crippen molar-refractivity contribution in [3.05, 3.63) is 35.3 Å². The molecular formula is C17H22FN5O. The quantitative estimate of drug-likeness (QED) is 0.639. The summed E-state index contributed by atoms with van der Waals surface area (Å²) in [5, 5.41) is 6.70. The number of hydrogen-bond donors (Lipinski definition) is 3. The van der Waals surface area contributed by atoms with Crippen molar-refractivity contribution >= 4 is 16.7 Å². The van der Waals surface area contributed by atoms with E-state index < -0.39 is 0 Å². The molecule has 3 heterocycles. The summed E-state index contributed by atoms with van der Waals surface area (Å²) in [5.74, 6) is -0.312. The van der Waals surface area contributed by atoms with E-state index in [0.717, 1.165) is 42.7 Å². The average Bonchev–Trinajstić information content (AvgIpc) is 3.11. The minimum atomic E-state index is -0.312. The van der Waals surface area contributed by atoms with Crippen molar-refractivity contribution in [1.82, 2.24) is 19.9 Å². The molecule has 6 nitrogen and oxygen atoms in total. The predicted molar refractivity (Wildman–Crippen MR) is 90.3 cm³/mol. The maximum Gasteiger partial charge on any atom is 0.157 e. The first-order valence-electron chi connectivity index (χ1n) is 8.29. The third-order valence-electron chi connectivity index (χ3n) is 5.11. The van der Waals surface area contributed by atoms with Gasteiger partial charge in [0.05, 0.1) is 24.4 Å². The van der Waals surface area contributed by atoms with Crippen molar-refractivity contribution in [2.24, 2.45) is 5.73 Å². The number of piperidine rings is 1. The van der Waals surface area contributed by atoms with Crippen molar-refractivity contribution in [3.63, 3.8) is 0 Å². The Balaban J connectivity index is 1.89. The minimum absolute atomic E-state index is 0.0698. The van der Waals surface area contributed by atoms with E-state index in [1.54, 1.807) is 0 Å². The number of aromatic nitrogens is 3. The van der Waals surface area contributed by atoms with Gasteiger partial charge >= 0.3 is 0 Å². The molecule has 0 radical (unpaired) electrons. The van der Waals surface area contributed by atoms with Crippen molar-refractivity contribution in [2.45, 2.75) is 31.8 Å². The molecule has 1 saturated heterocycles. The molecule has 7 heteroatoms. The highest BCUT2D eigenvalue weighted by molar-refractivity contribution is 5.84. The van der Waals surface area contributed by atoms with Gasteiger partial charge < -0.3 is 15.8 Å². The van der Waals surface area contributed by atoms with Crippen molar-refractivity contribution in [1.29, 1.82) is 0 Å². The number of nitrogens with zero attached hydrogens (tertiary/aromatic N) is 2. The van der Waals surface area contributed by atoms with Crippen molar-refractivity contribution in [3.8, 4) is 0 Å². The molecule has 0 amide bonds. The van der Waals surface area contributed by atoms with Gasteiger partial charge in [-0.25, -0.2) is 13.9 Å². The maximum atomic E-state index is 13.9. The molecule has 0 atom stereocenters. The lowest BCUT2D eigenvalue weighted by Crippen LogP contribution is -2.37. The van der Waals surface area contributed by atoms with Crippen LogP contribution in [0.4, 0.5) is 4.39 Å². The van der Waals surface area contributed by atoms with E-state index in [2.05, 4.69) is 17.3 Å². The highest BCUT2D eigenvalue weighted by Gasteiger charge is 2.32. The first-order chi connectivity index (χ1) is 11.6. The molecule has 128 valence electrons. The van der Waals surface area contributed by atoms with Crippen LogP contribution in [-0.2, 0) is 16.8 Å². The number of benzene rings is 1. The Bertz CT molecular complexity index is 878. The van der Waals surface area contributed by atoms with Gasteiger partial charge in [0.2, 0.25) is 0 Å². The van der Waals surface area contributed by atoms with Gasteiger partial charge in [-0.1, -0.05) is 6.92 Å².